The number of pyridine rings is 1. The number of hydrogen-bond acceptors (Lipinski definition) is 2. The molecule has 0 radical (unpaired) electrons. The summed E-state index contributed by atoms with van der Waals surface area (Å²) >= 11 is 0. The maximum atomic E-state index is 12.7. The van der Waals surface area contributed by atoms with Crippen LogP contribution in [0.2, 0.25) is 0 Å². The standard InChI is InChI=1S/C8H8FNO/c1-5-3-10-8(9)7(4-11)6(5)2/h3-4H,1-2H3. The molecular weight excluding hydrogens is 145 g/mol. The van der Waals surface area contributed by atoms with Gasteiger partial charge < -0.3 is 0 Å². The molecular formula is C8H8FNO. The SMILES string of the molecule is Cc1cnc(F)c(C=O)c1C. The van der Waals surface area contributed by atoms with Gasteiger partial charge in [-0.2, -0.15) is 4.39 Å². The van der Waals surface area contributed by atoms with Crippen LogP contribution in [-0.2, 0) is 0 Å². The second-order valence-corrected chi connectivity index (χ2v) is 2.39. The van der Waals surface area contributed by atoms with Crippen molar-refractivity contribution in [2.45, 2.75) is 13.8 Å². The molecule has 11 heavy (non-hydrogen) atoms. The van der Waals surface area contributed by atoms with E-state index in [4.69, 9.17) is 0 Å². The van der Waals surface area contributed by atoms with E-state index in [1.165, 1.54) is 6.20 Å². The van der Waals surface area contributed by atoms with Crippen molar-refractivity contribution in [3.8, 4) is 0 Å². The average Bonchev–Trinajstić information content (AvgIpc) is 1.99. The van der Waals surface area contributed by atoms with E-state index in [1.807, 2.05) is 0 Å². The van der Waals surface area contributed by atoms with Crippen molar-refractivity contribution >= 4 is 6.29 Å². The van der Waals surface area contributed by atoms with Crippen molar-refractivity contribution in [1.82, 2.24) is 4.98 Å². The zero-order chi connectivity index (χ0) is 8.43. The highest BCUT2D eigenvalue weighted by molar-refractivity contribution is 5.77. The van der Waals surface area contributed by atoms with E-state index in [0.717, 1.165) is 5.56 Å². The summed E-state index contributed by atoms with van der Waals surface area (Å²) in [5, 5.41) is 0. The van der Waals surface area contributed by atoms with Gasteiger partial charge in [0.25, 0.3) is 0 Å². The number of aromatic nitrogens is 1. The van der Waals surface area contributed by atoms with Crippen LogP contribution in [0, 0.1) is 19.8 Å². The Morgan fingerprint density at radius 2 is 2.18 bits per heavy atom. The van der Waals surface area contributed by atoms with Gasteiger partial charge in [-0.05, 0) is 25.0 Å². The molecule has 1 heterocycles. The van der Waals surface area contributed by atoms with E-state index in [9.17, 15) is 9.18 Å². The fourth-order valence-corrected chi connectivity index (χ4v) is 0.824. The van der Waals surface area contributed by atoms with Crippen molar-refractivity contribution in [2.75, 3.05) is 0 Å². The second-order valence-electron chi connectivity index (χ2n) is 2.39. The highest BCUT2D eigenvalue weighted by atomic mass is 19.1. The first-order valence-electron chi connectivity index (χ1n) is 3.23. The van der Waals surface area contributed by atoms with Crippen LogP contribution in [0.5, 0.6) is 0 Å². The van der Waals surface area contributed by atoms with E-state index in [1.54, 1.807) is 13.8 Å². The number of hydrogen-bond donors (Lipinski definition) is 0. The fraction of sp³-hybridized carbons (Fsp3) is 0.250. The minimum absolute atomic E-state index is 0.0602. The third-order valence-corrected chi connectivity index (χ3v) is 1.71. The molecule has 1 aromatic heterocycles. The predicted molar refractivity (Wildman–Crippen MR) is 39.1 cm³/mol. The smallest absolute Gasteiger partial charge is 0.223 e. The van der Waals surface area contributed by atoms with Gasteiger partial charge in [-0.25, -0.2) is 4.98 Å². The summed E-state index contributed by atoms with van der Waals surface area (Å²) in [6.45, 7) is 3.48. The highest BCUT2D eigenvalue weighted by Gasteiger charge is 2.06. The minimum atomic E-state index is -0.692. The first-order valence-corrected chi connectivity index (χ1v) is 3.23. The van der Waals surface area contributed by atoms with Crippen molar-refractivity contribution in [1.29, 1.82) is 0 Å². The Labute approximate surface area is 64.1 Å². The lowest BCUT2D eigenvalue weighted by Crippen LogP contribution is -1.97. The third kappa shape index (κ3) is 1.27. The van der Waals surface area contributed by atoms with Gasteiger partial charge in [0.15, 0.2) is 6.29 Å². The van der Waals surface area contributed by atoms with E-state index >= 15 is 0 Å². The molecule has 0 amide bonds. The molecule has 0 fully saturated rings. The Hall–Kier alpha value is -1.25. The average molecular weight is 153 g/mol. The number of nitrogens with zero attached hydrogens (tertiary/aromatic N) is 1. The van der Waals surface area contributed by atoms with Crippen LogP contribution in [0.25, 0.3) is 0 Å². The molecule has 0 spiro atoms. The van der Waals surface area contributed by atoms with Crippen LogP contribution in [-0.4, -0.2) is 11.3 Å². The molecule has 58 valence electrons. The maximum absolute atomic E-state index is 12.7. The lowest BCUT2D eigenvalue weighted by molar-refractivity contribution is 0.111. The Morgan fingerprint density at radius 1 is 1.55 bits per heavy atom. The third-order valence-electron chi connectivity index (χ3n) is 1.71. The molecule has 0 bridgehead atoms. The number of aryl methyl sites for hydroxylation is 1. The second kappa shape index (κ2) is 2.78. The van der Waals surface area contributed by atoms with Crippen LogP contribution in [0.1, 0.15) is 21.5 Å². The summed E-state index contributed by atoms with van der Waals surface area (Å²) in [7, 11) is 0. The molecule has 0 aliphatic heterocycles. The molecule has 1 rings (SSSR count). The number of carbonyl (C=O) groups is 1. The van der Waals surface area contributed by atoms with Gasteiger partial charge in [0.1, 0.15) is 0 Å². The Morgan fingerprint density at radius 3 is 2.64 bits per heavy atom. The van der Waals surface area contributed by atoms with Crippen molar-refractivity contribution in [3.05, 3.63) is 28.8 Å². The van der Waals surface area contributed by atoms with Crippen molar-refractivity contribution < 1.29 is 9.18 Å². The number of aldehydes is 1. The van der Waals surface area contributed by atoms with Gasteiger partial charge in [0.2, 0.25) is 5.95 Å². The molecule has 0 aliphatic rings. The summed E-state index contributed by atoms with van der Waals surface area (Å²) in [4.78, 5) is 13.7. The molecule has 1 aromatic rings. The van der Waals surface area contributed by atoms with Gasteiger partial charge in [0.05, 0.1) is 5.56 Å². The molecule has 0 saturated heterocycles. The van der Waals surface area contributed by atoms with Gasteiger partial charge in [-0.1, -0.05) is 0 Å². The molecule has 2 nitrogen and oxygen atoms in total. The van der Waals surface area contributed by atoms with E-state index in [-0.39, 0.29) is 5.56 Å². The van der Waals surface area contributed by atoms with E-state index in [2.05, 4.69) is 4.98 Å². The maximum Gasteiger partial charge on any atom is 0.223 e. The van der Waals surface area contributed by atoms with Crippen LogP contribution < -0.4 is 0 Å². The summed E-state index contributed by atoms with van der Waals surface area (Å²) in [6, 6.07) is 0. The minimum Gasteiger partial charge on any atom is -0.298 e. The Bertz CT molecular complexity index is 296. The Balaban J connectivity index is 3.40. The molecule has 3 heteroatoms. The van der Waals surface area contributed by atoms with E-state index in [0.29, 0.717) is 11.8 Å². The van der Waals surface area contributed by atoms with Crippen molar-refractivity contribution in [3.63, 3.8) is 0 Å². The van der Waals surface area contributed by atoms with E-state index < -0.39 is 5.95 Å². The summed E-state index contributed by atoms with van der Waals surface area (Å²) < 4.78 is 12.7. The molecule has 0 atom stereocenters. The van der Waals surface area contributed by atoms with Gasteiger partial charge in [-0.3, -0.25) is 4.79 Å². The van der Waals surface area contributed by atoms with Gasteiger partial charge in [-0.15, -0.1) is 0 Å². The number of halogens is 1. The Kier molecular flexibility index (Phi) is 1.98. The summed E-state index contributed by atoms with van der Waals surface area (Å²) in [5.74, 6) is -0.692. The molecule has 0 aromatic carbocycles. The topological polar surface area (TPSA) is 30.0 Å². The van der Waals surface area contributed by atoms with Gasteiger partial charge >= 0.3 is 0 Å². The van der Waals surface area contributed by atoms with Gasteiger partial charge in [0, 0.05) is 6.20 Å². The number of rotatable bonds is 1. The molecule has 0 N–H and O–H groups in total. The largest absolute Gasteiger partial charge is 0.298 e. The monoisotopic (exact) mass is 153 g/mol. The molecule has 0 saturated carbocycles. The highest BCUT2D eigenvalue weighted by Crippen LogP contribution is 2.11. The molecule has 0 aliphatic carbocycles. The quantitative estimate of drug-likeness (QED) is 0.453. The fourth-order valence-electron chi connectivity index (χ4n) is 0.824. The summed E-state index contributed by atoms with van der Waals surface area (Å²) in [5.41, 5.74) is 1.55. The zero-order valence-electron chi connectivity index (χ0n) is 6.39. The first-order chi connectivity index (χ1) is 5.16. The van der Waals surface area contributed by atoms with Crippen molar-refractivity contribution in [2.24, 2.45) is 0 Å². The predicted octanol–water partition coefficient (Wildman–Crippen LogP) is 1.65. The zero-order valence-corrected chi connectivity index (χ0v) is 6.39. The molecule has 0 unspecified atom stereocenters. The van der Waals surface area contributed by atoms with Crippen LogP contribution >= 0.6 is 0 Å². The van der Waals surface area contributed by atoms with Crippen LogP contribution in [0.4, 0.5) is 4.39 Å². The normalized spacial score (nSPS) is 9.73. The summed E-state index contributed by atoms with van der Waals surface area (Å²) in [6.07, 6.45) is 1.91. The number of carbonyl (C=O) groups excluding carboxylic acids is 1. The first kappa shape index (κ1) is 7.85. The lowest BCUT2D eigenvalue weighted by Gasteiger charge is -2.01. The lowest BCUT2D eigenvalue weighted by atomic mass is 10.1. The van der Waals surface area contributed by atoms with Crippen LogP contribution in [0.3, 0.4) is 0 Å². The van der Waals surface area contributed by atoms with Crippen LogP contribution in [0.15, 0.2) is 6.20 Å².